The van der Waals surface area contributed by atoms with Crippen LogP contribution in [0.1, 0.15) is 17.3 Å². The summed E-state index contributed by atoms with van der Waals surface area (Å²) < 4.78 is 38.4. The summed E-state index contributed by atoms with van der Waals surface area (Å²) in [6, 6.07) is 5.96. The van der Waals surface area contributed by atoms with Crippen LogP contribution in [0.3, 0.4) is 0 Å². The molecule has 0 aliphatic rings. The van der Waals surface area contributed by atoms with Gasteiger partial charge in [0.15, 0.2) is 0 Å². The van der Waals surface area contributed by atoms with Gasteiger partial charge in [0.1, 0.15) is 5.92 Å². The van der Waals surface area contributed by atoms with E-state index in [4.69, 9.17) is 0 Å². The quantitative estimate of drug-likeness (QED) is 0.770. The molecule has 0 unspecified atom stereocenters. The van der Waals surface area contributed by atoms with Crippen molar-refractivity contribution in [3.8, 4) is 0 Å². The Morgan fingerprint density at radius 1 is 0.933 bits per heavy atom. The normalized spacial score (nSPS) is 12.3. The van der Waals surface area contributed by atoms with Crippen LogP contribution in [0.4, 0.5) is 13.2 Å². The summed E-state index contributed by atoms with van der Waals surface area (Å²) in [6.07, 6.45) is -1.33. The number of hydrogen-bond donors (Lipinski definition) is 2. The number of nitrogens with one attached hydrogen (secondary N) is 2. The molecule has 2 heterocycles. The molecule has 0 bridgehead atoms. The van der Waals surface area contributed by atoms with Gasteiger partial charge >= 0.3 is 6.18 Å². The molecule has 15 heavy (non-hydrogen) atoms. The molecular weight excluding hydrogens is 205 g/mol. The number of aromatic amines is 2. The van der Waals surface area contributed by atoms with E-state index < -0.39 is 12.1 Å². The Morgan fingerprint density at radius 3 is 1.67 bits per heavy atom. The molecule has 2 nitrogen and oxygen atoms in total. The summed E-state index contributed by atoms with van der Waals surface area (Å²) in [4.78, 5) is 5.18. The van der Waals surface area contributed by atoms with Gasteiger partial charge in [-0.1, -0.05) is 0 Å². The Labute approximate surface area is 84.1 Å². The second kappa shape index (κ2) is 3.49. The van der Waals surface area contributed by atoms with Gasteiger partial charge in [0.25, 0.3) is 0 Å². The first-order valence-corrected chi connectivity index (χ1v) is 4.42. The van der Waals surface area contributed by atoms with Gasteiger partial charge in [0.05, 0.1) is 0 Å². The van der Waals surface area contributed by atoms with E-state index >= 15 is 0 Å². The van der Waals surface area contributed by atoms with E-state index in [1.807, 2.05) is 0 Å². The van der Waals surface area contributed by atoms with E-state index in [0.717, 1.165) is 0 Å². The van der Waals surface area contributed by atoms with E-state index in [2.05, 4.69) is 9.97 Å². The zero-order valence-electron chi connectivity index (χ0n) is 7.68. The number of H-pyrrole nitrogens is 2. The second-order valence-electron chi connectivity index (χ2n) is 3.23. The number of hydrogen-bond acceptors (Lipinski definition) is 0. The zero-order valence-corrected chi connectivity index (χ0v) is 7.68. The van der Waals surface area contributed by atoms with Crippen LogP contribution in [-0.4, -0.2) is 16.1 Å². The fraction of sp³-hybridized carbons (Fsp3) is 0.200. The van der Waals surface area contributed by atoms with Gasteiger partial charge in [-0.25, -0.2) is 0 Å². The van der Waals surface area contributed by atoms with Gasteiger partial charge in [0.2, 0.25) is 0 Å². The molecule has 0 aliphatic heterocycles. The van der Waals surface area contributed by atoms with Crippen molar-refractivity contribution in [2.45, 2.75) is 12.1 Å². The van der Waals surface area contributed by atoms with Crippen LogP contribution in [-0.2, 0) is 0 Å². The first kappa shape index (κ1) is 9.89. The van der Waals surface area contributed by atoms with Gasteiger partial charge in [0, 0.05) is 23.8 Å². The largest absolute Gasteiger partial charge is 0.402 e. The summed E-state index contributed by atoms with van der Waals surface area (Å²) in [5.74, 6) is -1.61. The van der Waals surface area contributed by atoms with Crippen LogP contribution < -0.4 is 0 Å². The van der Waals surface area contributed by atoms with Crippen molar-refractivity contribution in [1.29, 1.82) is 0 Å². The van der Waals surface area contributed by atoms with Gasteiger partial charge in [-0.05, 0) is 24.3 Å². The highest BCUT2D eigenvalue weighted by Gasteiger charge is 2.43. The summed E-state index contributed by atoms with van der Waals surface area (Å²) in [5, 5.41) is 0. The molecule has 2 aromatic heterocycles. The van der Waals surface area contributed by atoms with Crippen LogP contribution >= 0.6 is 0 Å². The van der Waals surface area contributed by atoms with Crippen molar-refractivity contribution < 1.29 is 13.2 Å². The Balaban J connectivity index is 2.42. The highest BCUT2D eigenvalue weighted by Crippen LogP contribution is 2.38. The third kappa shape index (κ3) is 1.91. The van der Waals surface area contributed by atoms with Crippen molar-refractivity contribution in [3.05, 3.63) is 48.0 Å². The van der Waals surface area contributed by atoms with Crippen LogP contribution in [0.15, 0.2) is 36.7 Å². The fourth-order valence-corrected chi connectivity index (χ4v) is 1.57. The molecule has 2 rings (SSSR count). The highest BCUT2D eigenvalue weighted by molar-refractivity contribution is 5.25. The Bertz CT molecular complexity index is 366. The third-order valence-electron chi connectivity index (χ3n) is 2.19. The SMILES string of the molecule is FC(F)(F)C(c1ccc[nH]1)c1ccc[nH]1. The molecule has 2 aromatic rings. The lowest BCUT2D eigenvalue weighted by Gasteiger charge is -2.18. The predicted molar refractivity (Wildman–Crippen MR) is 49.5 cm³/mol. The molecule has 80 valence electrons. The number of alkyl halides is 3. The molecule has 0 spiro atoms. The molecule has 0 atom stereocenters. The van der Waals surface area contributed by atoms with E-state index in [9.17, 15) is 13.2 Å². The maximum absolute atomic E-state index is 12.8. The Hall–Kier alpha value is -1.65. The summed E-state index contributed by atoms with van der Waals surface area (Å²) in [6.45, 7) is 0. The lowest BCUT2D eigenvalue weighted by atomic mass is 10.0. The third-order valence-corrected chi connectivity index (χ3v) is 2.19. The molecule has 5 heteroatoms. The molecule has 0 amide bonds. The lowest BCUT2D eigenvalue weighted by molar-refractivity contribution is -0.142. The number of aromatic nitrogens is 2. The van der Waals surface area contributed by atoms with E-state index in [1.165, 1.54) is 24.5 Å². The second-order valence-corrected chi connectivity index (χ2v) is 3.23. The van der Waals surface area contributed by atoms with E-state index in [0.29, 0.717) is 0 Å². The zero-order chi connectivity index (χ0) is 10.9. The molecule has 0 fully saturated rings. The maximum Gasteiger partial charge on any atom is 0.402 e. The molecule has 0 aliphatic carbocycles. The van der Waals surface area contributed by atoms with Gasteiger partial charge in [-0.15, -0.1) is 0 Å². The summed E-state index contributed by atoms with van der Waals surface area (Å²) in [5.41, 5.74) is 0.287. The van der Waals surface area contributed by atoms with Crippen molar-refractivity contribution in [2.75, 3.05) is 0 Å². The van der Waals surface area contributed by atoms with E-state index in [-0.39, 0.29) is 11.4 Å². The van der Waals surface area contributed by atoms with Gasteiger partial charge < -0.3 is 9.97 Å². The predicted octanol–water partition coefficient (Wildman–Crippen LogP) is 3.04. The topological polar surface area (TPSA) is 31.6 Å². The molecule has 0 saturated heterocycles. The molecule has 0 aromatic carbocycles. The standard InChI is InChI=1S/C10H9F3N2/c11-10(12,13)9(7-3-1-5-14-7)8-4-2-6-15-8/h1-6,9,14-15H. The minimum absolute atomic E-state index is 0.143. The first-order chi connectivity index (χ1) is 7.09. The van der Waals surface area contributed by atoms with E-state index in [1.54, 1.807) is 12.1 Å². The minimum Gasteiger partial charge on any atom is -0.364 e. The minimum atomic E-state index is -4.30. The van der Waals surface area contributed by atoms with Crippen LogP contribution in [0.25, 0.3) is 0 Å². The molecule has 0 radical (unpaired) electrons. The van der Waals surface area contributed by atoms with Crippen molar-refractivity contribution in [3.63, 3.8) is 0 Å². The Kier molecular flexibility index (Phi) is 2.30. The molecule has 2 N–H and O–H groups in total. The molecule has 0 saturated carbocycles. The first-order valence-electron chi connectivity index (χ1n) is 4.42. The Morgan fingerprint density at radius 2 is 1.40 bits per heavy atom. The van der Waals surface area contributed by atoms with Gasteiger partial charge in [-0.3, -0.25) is 0 Å². The highest BCUT2D eigenvalue weighted by atomic mass is 19.4. The van der Waals surface area contributed by atoms with Crippen LogP contribution in [0, 0.1) is 0 Å². The summed E-state index contributed by atoms with van der Waals surface area (Å²) >= 11 is 0. The van der Waals surface area contributed by atoms with Gasteiger partial charge in [-0.2, -0.15) is 13.2 Å². The van der Waals surface area contributed by atoms with Crippen molar-refractivity contribution >= 4 is 0 Å². The fourth-order valence-electron chi connectivity index (χ4n) is 1.57. The average Bonchev–Trinajstić information content (AvgIpc) is 2.73. The van der Waals surface area contributed by atoms with Crippen LogP contribution in [0.2, 0.25) is 0 Å². The average molecular weight is 214 g/mol. The van der Waals surface area contributed by atoms with Crippen molar-refractivity contribution in [1.82, 2.24) is 9.97 Å². The van der Waals surface area contributed by atoms with Crippen LogP contribution in [0.5, 0.6) is 0 Å². The smallest absolute Gasteiger partial charge is 0.364 e. The maximum atomic E-state index is 12.8. The summed E-state index contributed by atoms with van der Waals surface area (Å²) in [7, 11) is 0. The lowest BCUT2D eigenvalue weighted by Crippen LogP contribution is -2.22. The monoisotopic (exact) mass is 214 g/mol. The van der Waals surface area contributed by atoms with Crippen molar-refractivity contribution in [2.24, 2.45) is 0 Å². The number of rotatable bonds is 2. The number of halogens is 3. The molecular formula is C10H9F3N2.